The fourth-order valence-electron chi connectivity index (χ4n) is 2.60. The van der Waals surface area contributed by atoms with E-state index in [0.717, 1.165) is 18.5 Å². The van der Waals surface area contributed by atoms with E-state index in [4.69, 9.17) is 0 Å². The van der Waals surface area contributed by atoms with Crippen LogP contribution in [0.1, 0.15) is 23.2 Å². The molecule has 1 N–H and O–H groups in total. The molecule has 2 aromatic rings. The molecular formula is C14H16N2O. The Labute approximate surface area is 101 Å². The largest absolute Gasteiger partial charge is 0.383 e. The SMILES string of the molecule is Cn1ccc(C2(O)CCc3ccccc3C2)n1. The van der Waals surface area contributed by atoms with Crippen LogP contribution in [0.4, 0.5) is 0 Å². The summed E-state index contributed by atoms with van der Waals surface area (Å²) in [4.78, 5) is 0. The summed E-state index contributed by atoms with van der Waals surface area (Å²) in [6.45, 7) is 0. The normalized spacial score (nSPS) is 23.4. The Bertz CT molecular complexity index is 547. The zero-order chi connectivity index (χ0) is 11.9. The molecule has 1 unspecified atom stereocenters. The van der Waals surface area contributed by atoms with Crippen molar-refractivity contribution in [3.8, 4) is 0 Å². The van der Waals surface area contributed by atoms with Gasteiger partial charge in [-0.2, -0.15) is 5.10 Å². The molecule has 88 valence electrons. The number of rotatable bonds is 1. The van der Waals surface area contributed by atoms with E-state index < -0.39 is 5.60 Å². The first-order valence-electron chi connectivity index (χ1n) is 5.97. The maximum absolute atomic E-state index is 10.7. The molecule has 3 heteroatoms. The molecule has 3 nitrogen and oxygen atoms in total. The molecule has 1 aromatic heterocycles. The average molecular weight is 228 g/mol. The van der Waals surface area contributed by atoms with E-state index in [1.807, 2.05) is 25.4 Å². The Hall–Kier alpha value is -1.61. The summed E-state index contributed by atoms with van der Waals surface area (Å²) in [7, 11) is 1.88. The number of fused-ring (bicyclic) bond motifs is 1. The highest BCUT2D eigenvalue weighted by atomic mass is 16.3. The topological polar surface area (TPSA) is 38.0 Å². The molecule has 1 aromatic carbocycles. The molecule has 0 bridgehead atoms. The second-order valence-electron chi connectivity index (χ2n) is 4.85. The van der Waals surface area contributed by atoms with Crippen LogP contribution in [0.25, 0.3) is 0 Å². The Balaban J connectivity index is 1.97. The van der Waals surface area contributed by atoms with Gasteiger partial charge in [-0.25, -0.2) is 0 Å². The Morgan fingerprint density at radius 2 is 2.00 bits per heavy atom. The van der Waals surface area contributed by atoms with E-state index in [1.54, 1.807) is 4.68 Å². The molecule has 0 saturated heterocycles. The first kappa shape index (κ1) is 10.5. The van der Waals surface area contributed by atoms with E-state index >= 15 is 0 Å². The van der Waals surface area contributed by atoms with Gasteiger partial charge in [0, 0.05) is 19.7 Å². The van der Waals surface area contributed by atoms with Gasteiger partial charge in [-0.15, -0.1) is 0 Å². The van der Waals surface area contributed by atoms with Crippen molar-refractivity contribution in [2.45, 2.75) is 24.9 Å². The van der Waals surface area contributed by atoms with Crippen LogP contribution < -0.4 is 0 Å². The predicted octanol–water partition coefficient (Wildman–Crippen LogP) is 1.80. The maximum atomic E-state index is 10.7. The summed E-state index contributed by atoms with van der Waals surface area (Å²) in [5.41, 5.74) is 2.59. The van der Waals surface area contributed by atoms with Crippen molar-refractivity contribution in [1.29, 1.82) is 0 Å². The molecular weight excluding hydrogens is 212 g/mol. The number of hydrogen-bond acceptors (Lipinski definition) is 2. The zero-order valence-corrected chi connectivity index (χ0v) is 9.93. The fourth-order valence-corrected chi connectivity index (χ4v) is 2.60. The smallest absolute Gasteiger partial charge is 0.113 e. The molecule has 0 saturated carbocycles. The van der Waals surface area contributed by atoms with Crippen LogP contribution in [0.5, 0.6) is 0 Å². The van der Waals surface area contributed by atoms with E-state index in [0.29, 0.717) is 6.42 Å². The maximum Gasteiger partial charge on any atom is 0.113 e. The molecule has 1 heterocycles. The summed E-state index contributed by atoms with van der Waals surface area (Å²) in [5.74, 6) is 0. The summed E-state index contributed by atoms with van der Waals surface area (Å²) < 4.78 is 1.74. The van der Waals surface area contributed by atoms with Crippen LogP contribution in [0.15, 0.2) is 36.5 Å². The van der Waals surface area contributed by atoms with Gasteiger partial charge < -0.3 is 5.11 Å². The number of hydrogen-bond donors (Lipinski definition) is 1. The van der Waals surface area contributed by atoms with Crippen LogP contribution in [-0.2, 0) is 25.5 Å². The van der Waals surface area contributed by atoms with Crippen molar-refractivity contribution in [2.75, 3.05) is 0 Å². The monoisotopic (exact) mass is 228 g/mol. The minimum atomic E-state index is -0.796. The Kier molecular flexibility index (Phi) is 2.30. The van der Waals surface area contributed by atoms with Crippen LogP contribution in [-0.4, -0.2) is 14.9 Å². The summed E-state index contributed by atoms with van der Waals surface area (Å²) >= 11 is 0. The number of nitrogens with zero attached hydrogens (tertiary/aromatic N) is 2. The summed E-state index contributed by atoms with van der Waals surface area (Å²) in [6.07, 6.45) is 4.22. The van der Waals surface area contributed by atoms with Crippen molar-refractivity contribution in [3.05, 3.63) is 53.3 Å². The minimum Gasteiger partial charge on any atom is -0.383 e. The second kappa shape index (κ2) is 3.70. The summed E-state index contributed by atoms with van der Waals surface area (Å²) in [6, 6.07) is 10.2. The van der Waals surface area contributed by atoms with Crippen LogP contribution in [0.3, 0.4) is 0 Å². The minimum absolute atomic E-state index is 0.667. The van der Waals surface area contributed by atoms with Crippen molar-refractivity contribution < 1.29 is 5.11 Å². The number of aliphatic hydroxyl groups is 1. The number of aryl methyl sites for hydroxylation is 2. The van der Waals surface area contributed by atoms with Crippen molar-refractivity contribution in [3.63, 3.8) is 0 Å². The first-order chi connectivity index (χ1) is 8.17. The van der Waals surface area contributed by atoms with Gasteiger partial charge >= 0.3 is 0 Å². The average Bonchev–Trinajstić information content (AvgIpc) is 2.76. The predicted molar refractivity (Wildman–Crippen MR) is 65.6 cm³/mol. The van der Waals surface area contributed by atoms with Gasteiger partial charge in [-0.05, 0) is 30.0 Å². The van der Waals surface area contributed by atoms with Gasteiger partial charge in [-0.3, -0.25) is 4.68 Å². The van der Waals surface area contributed by atoms with Gasteiger partial charge in [0.15, 0.2) is 0 Å². The lowest BCUT2D eigenvalue weighted by atomic mass is 9.79. The van der Waals surface area contributed by atoms with E-state index in [1.165, 1.54) is 11.1 Å². The molecule has 0 amide bonds. The Morgan fingerprint density at radius 3 is 2.71 bits per heavy atom. The van der Waals surface area contributed by atoms with Crippen LogP contribution >= 0.6 is 0 Å². The third kappa shape index (κ3) is 1.76. The molecule has 1 aliphatic rings. The highest BCUT2D eigenvalue weighted by Gasteiger charge is 2.35. The molecule has 0 aliphatic heterocycles. The van der Waals surface area contributed by atoms with Gasteiger partial charge in [0.1, 0.15) is 5.60 Å². The fraction of sp³-hybridized carbons (Fsp3) is 0.357. The first-order valence-corrected chi connectivity index (χ1v) is 5.97. The van der Waals surface area contributed by atoms with Gasteiger partial charge in [0.2, 0.25) is 0 Å². The number of benzene rings is 1. The molecule has 0 fully saturated rings. The zero-order valence-electron chi connectivity index (χ0n) is 9.93. The lowest BCUT2D eigenvalue weighted by Crippen LogP contribution is -2.33. The van der Waals surface area contributed by atoms with Crippen molar-refractivity contribution in [2.24, 2.45) is 7.05 Å². The molecule has 17 heavy (non-hydrogen) atoms. The van der Waals surface area contributed by atoms with Gasteiger partial charge in [0.05, 0.1) is 5.69 Å². The quantitative estimate of drug-likeness (QED) is 0.808. The molecule has 1 atom stereocenters. The third-order valence-corrected chi connectivity index (χ3v) is 3.60. The number of aromatic nitrogens is 2. The van der Waals surface area contributed by atoms with Gasteiger partial charge in [-0.1, -0.05) is 24.3 Å². The lowest BCUT2D eigenvalue weighted by molar-refractivity contribution is 0.0174. The molecule has 1 aliphatic carbocycles. The standard InChI is InChI=1S/C14H16N2O/c1-16-9-7-13(15-16)14(17)8-6-11-4-2-3-5-12(11)10-14/h2-5,7,9,17H,6,8,10H2,1H3. The molecule has 0 spiro atoms. The Morgan fingerprint density at radius 1 is 1.24 bits per heavy atom. The van der Waals surface area contributed by atoms with E-state index in [-0.39, 0.29) is 0 Å². The lowest BCUT2D eigenvalue weighted by Gasteiger charge is -2.32. The molecule has 3 rings (SSSR count). The highest BCUT2D eigenvalue weighted by molar-refractivity contribution is 5.33. The van der Waals surface area contributed by atoms with Gasteiger partial charge in [0.25, 0.3) is 0 Å². The molecule has 0 radical (unpaired) electrons. The van der Waals surface area contributed by atoms with E-state index in [9.17, 15) is 5.11 Å². The van der Waals surface area contributed by atoms with Crippen LogP contribution in [0, 0.1) is 0 Å². The van der Waals surface area contributed by atoms with E-state index in [2.05, 4.69) is 23.3 Å². The van der Waals surface area contributed by atoms with Crippen LogP contribution in [0.2, 0.25) is 0 Å². The van der Waals surface area contributed by atoms with Crippen molar-refractivity contribution >= 4 is 0 Å². The summed E-state index contributed by atoms with van der Waals surface area (Å²) in [5, 5.41) is 15.1. The second-order valence-corrected chi connectivity index (χ2v) is 4.85. The third-order valence-electron chi connectivity index (χ3n) is 3.60. The van der Waals surface area contributed by atoms with Crippen molar-refractivity contribution in [1.82, 2.24) is 9.78 Å². The highest BCUT2D eigenvalue weighted by Crippen LogP contribution is 2.35.